The van der Waals surface area contributed by atoms with Crippen molar-refractivity contribution in [2.45, 2.75) is 6.92 Å². The fourth-order valence-electron chi connectivity index (χ4n) is 2.57. The van der Waals surface area contributed by atoms with Gasteiger partial charge in [0, 0.05) is 36.5 Å². The van der Waals surface area contributed by atoms with Gasteiger partial charge in [0.05, 0.1) is 11.9 Å². The average Bonchev–Trinajstić information content (AvgIpc) is 3.21. The molecule has 148 valence electrons. The molecule has 7 heteroatoms. The lowest BCUT2D eigenvalue weighted by atomic mass is 10.1. The zero-order chi connectivity index (χ0) is 20.6. The minimum atomic E-state index is -0.424. The van der Waals surface area contributed by atoms with Gasteiger partial charge in [0.1, 0.15) is 5.82 Å². The molecule has 6 nitrogen and oxygen atoms in total. The molecule has 29 heavy (non-hydrogen) atoms. The lowest BCUT2D eigenvalue weighted by Gasteiger charge is -2.06. The SMILES string of the molecule is Cc1ccc(C(=O)NCCNC(=O)/C=C/c2cnn(-c3ccccc3)c2)cc1F. The first kappa shape index (κ1) is 20.0. The minimum Gasteiger partial charge on any atom is -0.351 e. The molecule has 0 aliphatic rings. The van der Waals surface area contributed by atoms with E-state index in [2.05, 4.69) is 15.7 Å². The Morgan fingerprint density at radius 3 is 2.62 bits per heavy atom. The Morgan fingerprint density at radius 1 is 1.10 bits per heavy atom. The number of amides is 2. The van der Waals surface area contributed by atoms with Crippen LogP contribution >= 0.6 is 0 Å². The topological polar surface area (TPSA) is 76.0 Å². The molecule has 1 heterocycles. The van der Waals surface area contributed by atoms with Crippen molar-refractivity contribution in [1.29, 1.82) is 0 Å². The van der Waals surface area contributed by atoms with Crippen molar-refractivity contribution >= 4 is 17.9 Å². The number of aryl methyl sites for hydroxylation is 1. The molecule has 0 bridgehead atoms. The van der Waals surface area contributed by atoms with Crippen LogP contribution in [0.5, 0.6) is 0 Å². The maximum Gasteiger partial charge on any atom is 0.251 e. The van der Waals surface area contributed by atoms with Gasteiger partial charge in [-0.15, -0.1) is 0 Å². The Bertz CT molecular complexity index is 1030. The van der Waals surface area contributed by atoms with Gasteiger partial charge in [-0.3, -0.25) is 9.59 Å². The number of carbonyl (C=O) groups excluding carboxylic acids is 2. The molecule has 0 unspecified atom stereocenters. The first-order chi connectivity index (χ1) is 14.0. The first-order valence-electron chi connectivity index (χ1n) is 9.13. The van der Waals surface area contributed by atoms with Gasteiger partial charge in [-0.2, -0.15) is 5.10 Å². The van der Waals surface area contributed by atoms with Crippen LogP contribution in [0.3, 0.4) is 0 Å². The van der Waals surface area contributed by atoms with E-state index in [4.69, 9.17) is 0 Å². The summed E-state index contributed by atoms with van der Waals surface area (Å²) in [5, 5.41) is 9.57. The number of halogens is 1. The van der Waals surface area contributed by atoms with E-state index in [-0.39, 0.29) is 30.5 Å². The predicted octanol–water partition coefficient (Wildman–Crippen LogP) is 2.88. The van der Waals surface area contributed by atoms with E-state index in [0.717, 1.165) is 11.3 Å². The minimum absolute atomic E-state index is 0.236. The molecule has 1 aromatic heterocycles. The van der Waals surface area contributed by atoms with Crippen molar-refractivity contribution in [1.82, 2.24) is 20.4 Å². The summed E-state index contributed by atoms with van der Waals surface area (Å²) in [6.07, 6.45) is 6.55. The number of benzene rings is 2. The third kappa shape index (κ3) is 5.62. The highest BCUT2D eigenvalue weighted by molar-refractivity contribution is 5.94. The molecule has 0 aliphatic heterocycles. The molecule has 0 saturated carbocycles. The fraction of sp³-hybridized carbons (Fsp3) is 0.136. The largest absolute Gasteiger partial charge is 0.351 e. The molecule has 3 rings (SSSR count). The van der Waals surface area contributed by atoms with E-state index in [1.807, 2.05) is 36.5 Å². The van der Waals surface area contributed by atoms with Gasteiger partial charge in [0.15, 0.2) is 0 Å². The van der Waals surface area contributed by atoms with Crippen molar-refractivity contribution < 1.29 is 14.0 Å². The number of nitrogens with one attached hydrogen (secondary N) is 2. The van der Waals surface area contributed by atoms with Crippen molar-refractivity contribution in [2.24, 2.45) is 0 Å². The van der Waals surface area contributed by atoms with Crippen molar-refractivity contribution in [3.8, 4) is 5.69 Å². The second-order valence-electron chi connectivity index (χ2n) is 6.40. The van der Waals surface area contributed by atoms with Crippen LogP contribution in [0, 0.1) is 12.7 Å². The number of nitrogens with zero attached hydrogens (tertiary/aromatic N) is 2. The van der Waals surface area contributed by atoms with Crippen LogP contribution in [0.25, 0.3) is 11.8 Å². The molecule has 0 fully saturated rings. The fourth-order valence-corrected chi connectivity index (χ4v) is 2.57. The van der Waals surface area contributed by atoms with Crippen molar-refractivity contribution in [3.05, 3.63) is 89.5 Å². The summed E-state index contributed by atoms with van der Waals surface area (Å²) in [6, 6.07) is 14.0. The van der Waals surface area contributed by atoms with Crippen molar-refractivity contribution in [2.75, 3.05) is 13.1 Å². The second kappa shape index (κ2) is 9.45. The summed E-state index contributed by atoms with van der Waals surface area (Å²) < 4.78 is 15.2. The number of aromatic nitrogens is 2. The lowest BCUT2D eigenvalue weighted by Crippen LogP contribution is -2.34. The van der Waals surface area contributed by atoms with E-state index >= 15 is 0 Å². The second-order valence-corrected chi connectivity index (χ2v) is 6.40. The predicted molar refractivity (Wildman–Crippen MR) is 109 cm³/mol. The molecule has 2 aromatic carbocycles. The molecular formula is C22H21FN4O2. The van der Waals surface area contributed by atoms with E-state index < -0.39 is 5.82 Å². The summed E-state index contributed by atoms with van der Waals surface area (Å²) in [5.41, 5.74) is 2.45. The van der Waals surface area contributed by atoms with Crippen LogP contribution in [0.15, 0.2) is 67.0 Å². The van der Waals surface area contributed by atoms with Gasteiger partial charge in [0.2, 0.25) is 5.91 Å². The highest BCUT2D eigenvalue weighted by Crippen LogP contribution is 2.09. The van der Waals surface area contributed by atoms with Crippen molar-refractivity contribution in [3.63, 3.8) is 0 Å². The van der Waals surface area contributed by atoms with Crippen LogP contribution in [-0.2, 0) is 4.79 Å². The van der Waals surface area contributed by atoms with Gasteiger partial charge < -0.3 is 10.6 Å². The van der Waals surface area contributed by atoms with E-state index in [0.29, 0.717) is 5.56 Å². The molecule has 0 aliphatic carbocycles. The number of hydrogen-bond acceptors (Lipinski definition) is 3. The standard InChI is InChI=1S/C22H21FN4O2/c1-16-7-9-18(13-20(16)23)22(29)25-12-11-24-21(28)10-8-17-14-26-27(15-17)19-5-3-2-4-6-19/h2-10,13-15H,11-12H2,1H3,(H,24,28)(H,25,29)/b10-8+. The number of hydrogen-bond donors (Lipinski definition) is 2. The van der Waals surface area contributed by atoms with Crippen LogP contribution in [0.1, 0.15) is 21.5 Å². The monoisotopic (exact) mass is 392 g/mol. The smallest absolute Gasteiger partial charge is 0.251 e. The third-order valence-corrected chi connectivity index (χ3v) is 4.19. The Kier molecular flexibility index (Phi) is 6.52. The van der Waals surface area contributed by atoms with E-state index in [1.165, 1.54) is 12.1 Å². The van der Waals surface area contributed by atoms with Crippen LogP contribution < -0.4 is 10.6 Å². The highest BCUT2D eigenvalue weighted by Gasteiger charge is 2.07. The number of para-hydroxylation sites is 1. The van der Waals surface area contributed by atoms with Gasteiger partial charge in [-0.05, 0) is 42.8 Å². The lowest BCUT2D eigenvalue weighted by molar-refractivity contribution is -0.116. The molecule has 0 radical (unpaired) electrons. The van der Waals surface area contributed by atoms with Crippen LogP contribution in [0.4, 0.5) is 4.39 Å². The quantitative estimate of drug-likeness (QED) is 0.480. The zero-order valence-corrected chi connectivity index (χ0v) is 15.9. The highest BCUT2D eigenvalue weighted by atomic mass is 19.1. The Hall–Kier alpha value is -3.74. The van der Waals surface area contributed by atoms with Crippen LogP contribution in [0.2, 0.25) is 0 Å². The summed E-state index contributed by atoms with van der Waals surface area (Å²) in [5.74, 6) is -1.10. The Morgan fingerprint density at radius 2 is 1.86 bits per heavy atom. The normalized spacial score (nSPS) is 10.8. The molecule has 2 amide bonds. The molecule has 0 atom stereocenters. The first-order valence-corrected chi connectivity index (χ1v) is 9.13. The summed E-state index contributed by atoms with van der Waals surface area (Å²) in [7, 11) is 0. The van der Waals surface area contributed by atoms with Gasteiger partial charge >= 0.3 is 0 Å². The molecule has 0 saturated heterocycles. The average molecular weight is 392 g/mol. The summed E-state index contributed by atoms with van der Waals surface area (Å²) >= 11 is 0. The third-order valence-electron chi connectivity index (χ3n) is 4.19. The van der Waals surface area contributed by atoms with E-state index in [1.54, 1.807) is 36.0 Å². The van der Waals surface area contributed by atoms with Gasteiger partial charge in [0.25, 0.3) is 5.91 Å². The molecular weight excluding hydrogens is 371 g/mol. The van der Waals surface area contributed by atoms with Gasteiger partial charge in [-0.25, -0.2) is 9.07 Å². The Balaban J connectivity index is 1.42. The number of carbonyl (C=O) groups is 2. The summed E-state index contributed by atoms with van der Waals surface area (Å²) in [6.45, 7) is 2.12. The van der Waals surface area contributed by atoms with Gasteiger partial charge in [-0.1, -0.05) is 24.3 Å². The molecule has 2 N–H and O–H groups in total. The van der Waals surface area contributed by atoms with E-state index in [9.17, 15) is 14.0 Å². The molecule has 0 spiro atoms. The zero-order valence-electron chi connectivity index (χ0n) is 15.9. The number of rotatable bonds is 7. The molecule has 3 aromatic rings. The van der Waals surface area contributed by atoms with Crippen LogP contribution in [-0.4, -0.2) is 34.7 Å². The maximum atomic E-state index is 13.5. The Labute approximate surface area is 168 Å². The summed E-state index contributed by atoms with van der Waals surface area (Å²) in [4.78, 5) is 23.9. The maximum absolute atomic E-state index is 13.5.